The number of benzene rings is 1. The first-order valence-electron chi connectivity index (χ1n) is 4.96. The summed E-state index contributed by atoms with van der Waals surface area (Å²) in [5.74, 6) is 1.52. The molecule has 0 radical (unpaired) electrons. The summed E-state index contributed by atoms with van der Waals surface area (Å²) < 4.78 is 15.4. The van der Waals surface area contributed by atoms with Crippen LogP contribution in [-0.2, 0) is 11.2 Å². The number of methoxy groups -OCH3 is 2. The Morgan fingerprint density at radius 2 is 1.75 bits per heavy atom. The van der Waals surface area contributed by atoms with Gasteiger partial charge in [0, 0.05) is 6.07 Å². The molecule has 1 rings (SSSR count). The third kappa shape index (κ3) is 3.79. The lowest BCUT2D eigenvalue weighted by molar-refractivity contribution is 0.169. The highest BCUT2D eigenvalue weighted by Crippen LogP contribution is 2.22. The smallest absolute Gasteiger partial charge is 0.133 e. The van der Waals surface area contributed by atoms with Gasteiger partial charge in [0.15, 0.2) is 0 Å². The number of hydrogen-bond acceptors (Lipinski definition) is 4. The number of ether oxygens (including phenoxy) is 3. The summed E-state index contributed by atoms with van der Waals surface area (Å²) in [7, 11) is 3.23. The van der Waals surface area contributed by atoms with Gasteiger partial charge in [-0.15, -0.1) is 0 Å². The van der Waals surface area contributed by atoms with Gasteiger partial charge in [-0.05, 0) is 24.1 Å². The standard InChI is InChI=1S/C12H15NO3/c1-14-11-7-10(3-5-16-6-4-13)8-12(9-11)15-2/h7-9H,3,5-6H2,1-2H3. The van der Waals surface area contributed by atoms with Crippen LogP contribution in [0.15, 0.2) is 18.2 Å². The molecule has 0 atom stereocenters. The predicted octanol–water partition coefficient (Wildman–Crippen LogP) is 1.79. The predicted molar refractivity (Wildman–Crippen MR) is 59.7 cm³/mol. The van der Waals surface area contributed by atoms with Gasteiger partial charge in [-0.25, -0.2) is 0 Å². The van der Waals surface area contributed by atoms with E-state index in [1.165, 1.54) is 0 Å². The third-order valence-corrected chi connectivity index (χ3v) is 2.11. The van der Waals surface area contributed by atoms with Crippen molar-refractivity contribution in [2.45, 2.75) is 6.42 Å². The molecule has 0 spiro atoms. The van der Waals surface area contributed by atoms with Crippen LogP contribution in [0.5, 0.6) is 11.5 Å². The Balaban J connectivity index is 2.61. The van der Waals surface area contributed by atoms with E-state index >= 15 is 0 Å². The van der Waals surface area contributed by atoms with Crippen LogP contribution in [0.1, 0.15) is 5.56 Å². The van der Waals surface area contributed by atoms with E-state index in [1.807, 2.05) is 24.3 Å². The molecule has 0 N–H and O–H groups in total. The second-order valence-corrected chi connectivity index (χ2v) is 3.18. The van der Waals surface area contributed by atoms with Gasteiger partial charge in [-0.2, -0.15) is 5.26 Å². The molecule has 4 nitrogen and oxygen atoms in total. The van der Waals surface area contributed by atoms with E-state index in [1.54, 1.807) is 14.2 Å². The lowest BCUT2D eigenvalue weighted by Gasteiger charge is -2.08. The summed E-state index contributed by atoms with van der Waals surface area (Å²) in [5, 5.41) is 8.31. The Labute approximate surface area is 95.4 Å². The summed E-state index contributed by atoms with van der Waals surface area (Å²) in [6.07, 6.45) is 0.731. The molecule has 0 heterocycles. The minimum Gasteiger partial charge on any atom is -0.497 e. The normalized spacial score (nSPS) is 9.56. The molecule has 0 aliphatic heterocycles. The Morgan fingerprint density at radius 1 is 1.12 bits per heavy atom. The molecule has 0 saturated heterocycles. The molecular formula is C12H15NO3. The van der Waals surface area contributed by atoms with Crippen molar-refractivity contribution in [2.24, 2.45) is 0 Å². The van der Waals surface area contributed by atoms with E-state index in [2.05, 4.69) is 0 Å². The largest absolute Gasteiger partial charge is 0.497 e. The van der Waals surface area contributed by atoms with Gasteiger partial charge in [0.2, 0.25) is 0 Å². The topological polar surface area (TPSA) is 51.5 Å². The summed E-state index contributed by atoms with van der Waals surface area (Å²) in [4.78, 5) is 0. The number of nitrogens with zero attached hydrogens (tertiary/aromatic N) is 1. The van der Waals surface area contributed by atoms with Gasteiger partial charge in [-0.3, -0.25) is 0 Å². The maximum absolute atomic E-state index is 8.31. The summed E-state index contributed by atoms with van der Waals surface area (Å²) in [5.41, 5.74) is 1.06. The first-order valence-corrected chi connectivity index (χ1v) is 4.96. The molecule has 16 heavy (non-hydrogen) atoms. The fraction of sp³-hybridized carbons (Fsp3) is 0.417. The molecule has 0 aliphatic rings. The highest BCUT2D eigenvalue weighted by molar-refractivity contribution is 5.38. The van der Waals surface area contributed by atoms with Gasteiger partial charge in [-0.1, -0.05) is 0 Å². The average molecular weight is 221 g/mol. The highest BCUT2D eigenvalue weighted by Gasteiger charge is 2.01. The zero-order chi connectivity index (χ0) is 11.8. The molecule has 4 heteroatoms. The highest BCUT2D eigenvalue weighted by atomic mass is 16.5. The lowest BCUT2D eigenvalue weighted by Crippen LogP contribution is -1.99. The summed E-state index contributed by atoms with van der Waals surface area (Å²) in [6.45, 7) is 0.644. The van der Waals surface area contributed by atoms with Gasteiger partial charge in [0.1, 0.15) is 18.1 Å². The Kier molecular flexibility index (Phi) is 5.17. The van der Waals surface area contributed by atoms with Crippen molar-refractivity contribution in [3.05, 3.63) is 23.8 Å². The van der Waals surface area contributed by atoms with Crippen molar-refractivity contribution >= 4 is 0 Å². The van der Waals surface area contributed by atoms with Crippen molar-refractivity contribution in [1.82, 2.24) is 0 Å². The fourth-order valence-electron chi connectivity index (χ4n) is 1.32. The number of nitriles is 1. The van der Waals surface area contributed by atoms with Crippen LogP contribution in [0.2, 0.25) is 0 Å². The minimum absolute atomic E-state index is 0.126. The molecular weight excluding hydrogens is 206 g/mol. The molecule has 0 aliphatic carbocycles. The number of rotatable bonds is 6. The molecule has 1 aromatic rings. The quantitative estimate of drug-likeness (QED) is 0.687. The zero-order valence-electron chi connectivity index (χ0n) is 9.53. The lowest BCUT2D eigenvalue weighted by atomic mass is 10.1. The van der Waals surface area contributed by atoms with E-state index in [0.717, 1.165) is 23.5 Å². The Bertz CT molecular complexity index is 349. The van der Waals surface area contributed by atoms with E-state index in [-0.39, 0.29) is 6.61 Å². The van der Waals surface area contributed by atoms with Crippen LogP contribution >= 0.6 is 0 Å². The summed E-state index contributed by atoms with van der Waals surface area (Å²) >= 11 is 0. The molecule has 0 saturated carbocycles. The number of hydrogen-bond donors (Lipinski definition) is 0. The van der Waals surface area contributed by atoms with Crippen LogP contribution in [0, 0.1) is 11.3 Å². The molecule has 0 fully saturated rings. The van der Waals surface area contributed by atoms with Gasteiger partial charge < -0.3 is 14.2 Å². The monoisotopic (exact) mass is 221 g/mol. The average Bonchev–Trinajstić information content (AvgIpc) is 2.34. The van der Waals surface area contributed by atoms with Crippen LogP contribution in [0.25, 0.3) is 0 Å². The van der Waals surface area contributed by atoms with Crippen molar-refractivity contribution in [1.29, 1.82) is 5.26 Å². The van der Waals surface area contributed by atoms with Crippen LogP contribution < -0.4 is 9.47 Å². The molecule has 0 amide bonds. The minimum atomic E-state index is 0.126. The SMILES string of the molecule is COc1cc(CCOCC#N)cc(OC)c1. The van der Waals surface area contributed by atoms with Crippen molar-refractivity contribution in [3.8, 4) is 17.6 Å². The molecule has 0 unspecified atom stereocenters. The molecule has 1 aromatic carbocycles. The first kappa shape index (κ1) is 12.3. The third-order valence-electron chi connectivity index (χ3n) is 2.11. The van der Waals surface area contributed by atoms with Crippen LogP contribution in [0.3, 0.4) is 0 Å². The van der Waals surface area contributed by atoms with E-state index < -0.39 is 0 Å². The van der Waals surface area contributed by atoms with E-state index in [9.17, 15) is 0 Å². The molecule has 0 aromatic heterocycles. The van der Waals surface area contributed by atoms with Gasteiger partial charge in [0.25, 0.3) is 0 Å². The summed E-state index contributed by atoms with van der Waals surface area (Å²) in [6, 6.07) is 7.60. The van der Waals surface area contributed by atoms with E-state index in [0.29, 0.717) is 6.61 Å². The van der Waals surface area contributed by atoms with Gasteiger partial charge in [0.05, 0.1) is 26.9 Å². The molecule has 86 valence electrons. The maximum Gasteiger partial charge on any atom is 0.133 e. The van der Waals surface area contributed by atoms with Crippen molar-refractivity contribution < 1.29 is 14.2 Å². The fourth-order valence-corrected chi connectivity index (χ4v) is 1.32. The maximum atomic E-state index is 8.31. The van der Waals surface area contributed by atoms with E-state index in [4.69, 9.17) is 19.5 Å². The van der Waals surface area contributed by atoms with Crippen molar-refractivity contribution in [3.63, 3.8) is 0 Å². The van der Waals surface area contributed by atoms with Crippen LogP contribution in [-0.4, -0.2) is 27.4 Å². The second kappa shape index (κ2) is 6.70. The Morgan fingerprint density at radius 3 is 2.25 bits per heavy atom. The zero-order valence-corrected chi connectivity index (χ0v) is 9.53. The first-order chi connectivity index (χ1) is 7.80. The van der Waals surface area contributed by atoms with Gasteiger partial charge >= 0.3 is 0 Å². The second-order valence-electron chi connectivity index (χ2n) is 3.18. The Hall–Kier alpha value is -1.73. The van der Waals surface area contributed by atoms with Crippen LogP contribution in [0.4, 0.5) is 0 Å². The van der Waals surface area contributed by atoms with Crippen molar-refractivity contribution in [2.75, 3.05) is 27.4 Å². The molecule has 0 bridgehead atoms.